The van der Waals surface area contributed by atoms with Crippen LogP contribution in [0.25, 0.3) is 0 Å². The van der Waals surface area contributed by atoms with Crippen LogP contribution < -0.4 is 10.6 Å². The van der Waals surface area contributed by atoms with Crippen LogP contribution in [-0.4, -0.2) is 46.9 Å². The number of nitrogens with one attached hydrogen (secondary N) is 2. The standard InChI is InChI=1S/C27H33Cl2N3O4/c1-16(2)23(31-24(34)18-12-21(29)14-22(13-18)30-17(3)33)25(35)32-11-10-27(36,26(4,5)15-32)19-6-8-20(28)9-7-19/h6-9,12-14,16,23,36H,10-11,15H2,1-5H3,(H,30,33)(H,31,34)/t23-,27+/m1/s1. The summed E-state index contributed by atoms with van der Waals surface area (Å²) in [5.41, 5.74) is -0.395. The van der Waals surface area contributed by atoms with Gasteiger partial charge in [0.1, 0.15) is 6.04 Å². The number of anilines is 1. The zero-order valence-corrected chi connectivity index (χ0v) is 22.7. The number of hydrogen-bond donors (Lipinski definition) is 3. The Morgan fingerprint density at radius 2 is 1.67 bits per heavy atom. The molecule has 0 aromatic heterocycles. The van der Waals surface area contributed by atoms with Gasteiger partial charge in [0.25, 0.3) is 5.91 Å². The molecule has 3 N–H and O–H groups in total. The van der Waals surface area contributed by atoms with Crippen molar-refractivity contribution in [2.75, 3.05) is 18.4 Å². The first-order valence-corrected chi connectivity index (χ1v) is 12.7. The molecule has 1 aliphatic heterocycles. The summed E-state index contributed by atoms with van der Waals surface area (Å²) in [6, 6.07) is 10.9. The predicted octanol–water partition coefficient (Wildman–Crippen LogP) is 4.85. The molecule has 1 saturated heterocycles. The molecule has 1 heterocycles. The zero-order valence-electron chi connectivity index (χ0n) is 21.2. The Hall–Kier alpha value is -2.61. The van der Waals surface area contributed by atoms with Crippen LogP contribution in [0.4, 0.5) is 5.69 Å². The van der Waals surface area contributed by atoms with Crippen molar-refractivity contribution in [1.82, 2.24) is 10.2 Å². The molecule has 9 heteroatoms. The van der Waals surface area contributed by atoms with Crippen LogP contribution in [-0.2, 0) is 15.2 Å². The van der Waals surface area contributed by atoms with Gasteiger partial charge < -0.3 is 20.6 Å². The van der Waals surface area contributed by atoms with E-state index in [-0.39, 0.29) is 28.3 Å². The monoisotopic (exact) mass is 533 g/mol. The molecule has 1 fully saturated rings. The number of piperidine rings is 1. The fraction of sp³-hybridized carbons (Fsp3) is 0.444. The molecule has 2 atom stereocenters. The van der Waals surface area contributed by atoms with E-state index in [2.05, 4.69) is 10.6 Å². The summed E-state index contributed by atoms with van der Waals surface area (Å²) in [5, 5.41) is 18.0. The highest BCUT2D eigenvalue weighted by molar-refractivity contribution is 6.31. The average molecular weight is 534 g/mol. The number of carbonyl (C=O) groups excluding carboxylic acids is 3. The maximum Gasteiger partial charge on any atom is 0.252 e. The Labute approximate surface area is 222 Å². The summed E-state index contributed by atoms with van der Waals surface area (Å²) in [6.07, 6.45) is 0.348. The summed E-state index contributed by atoms with van der Waals surface area (Å²) in [6.45, 7) is 9.60. The van der Waals surface area contributed by atoms with E-state index in [4.69, 9.17) is 23.2 Å². The minimum atomic E-state index is -1.13. The van der Waals surface area contributed by atoms with Gasteiger partial charge in [-0.3, -0.25) is 14.4 Å². The maximum absolute atomic E-state index is 13.6. The highest BCUT2D eigenvalue weighted by Gasteiger charge is 2.50. The van der Waals surface area contributed by atoms with Crippen molar-refractivity contribution in [2.24, 2.45) is 11.3 Å². The second kappa shape index (κ2) is 10.8. The number of nitrogens with zero attached hydrogens (tertiary/aromatic N) is 1. The van der Waals surface area contributed by atoms with Gasteiger partial charge >= 0.3 is 0 Å². The molecule has 0 spiro atoms. The zero-order chi connectivity index (χ0) is 26.8. The van der Waals surface area contributed by atoms with Gasteiger partial charge in [-0.1, -0.05) is 63.0 Å². The van der Waals surface area contributed by atoms with Crippen LogP contribution in [0.3, 0.4) is 0 Å². The number of carbonyl (C=O) groups is 3. The van der Waals surface area contributed by atoms with Gasteiger partial charge in [0.15, 0.2) is 0 Å². The highest BCUT2D eigenvalue weighted by Crippen LogP contribution is 2.46. The Bertz CT molecular complexity index is 1150. The molecule has 1 aliphatic rings. The van der Waals surface area contributed by atoms with E-state index >= 15 is 0 Å². The summed E-state index contributed by atoms with van der Waals surface area (Å²) in [4.78, 5) is 39.8. The van der Waals surface area contributed by atoms with Gasteiger partial charge in [0, 0.05) is 46.7 Å². The molecule has 0 bridgehead atoms. The second-order valence-electron chi connectivity index (χ2n) is 10.4. The van der Waals surface area contributed by atoms with Gasteiger partial charge in [-0.05, 0) is 48.2 Å². The van der Waals surface area contributed by atoms with Crippen molar-refractivity contribution in [3.05, 3.63) is 63.6 Å². The van der Waals surface area contributed by atoms with Gasteiger partial charge in [0.05, 0.1) is 5.60 Å². The number of aliphatic hydroxyl groups is 1. The number of benzene rings is 2. The number of likely N-dealkylation sites (tertiary alicyclic amines) is 1. The van der Waals surface area contributed by atoms with Crippen LogP contribution in [0.5, 0.6) is 0 Å². The first-order chi connectivity index (χ1) is 16.7. The van der Waals surface area contributed by atoms with Crippen molar-refractivity contribution < 1.29 is 19.5 Å². The molecule has 2 aromatic rings. The summed E-state index contributed by atoms with van der Waals surface area (Å²) < 4.78 is 0. The van der Waals surface area contributed by atoms with Gasteiger partial charge in [-0.2, -0.15) is 0 Å². The van der Waals surface area contributed by atoms with E-state index in [1.165, 1.54) is 19.1 Å². The van der Waals surface area contributed by atoms with E-state index < -0.39 is 23.0 Å². The van der Waals surface area contributed by atoms with Crippen molar-refractivity contribution in [1.29, 1.82) is 0 Å². The molecule has 0 unspecified atom stereocenters. The predicted molar refractivity (Wildman–Crippen MR) is 142 cm³/mol. The third-order valence-electron chi connectivity index (χ3n) is 6.78. The smallest absolute Gasteiger partial charge is 0.252 e. The Morgan fingerprint density at radius 1 is 1.03 bits per heavy atom. The Morgan fingerprint density at radius 3 is 2.22 bits per heavy atom. The molecule has 36 heavy (non-hydrogen) atoms. The molecule has 3 rings (SSSR count). The lowest BCUT2D eigenvalue weighted by Gasteiger charge is -2.51. The number of rotatable bonds is 6. The first-order valence-electron chi connectivity index (χ1n) is 11.9. The van der Waals surface area contributed by atoms with E-state index in [9.17, 15) is 19.5 Å². The van der Waals surface area contributed by atoms with Gasteiger partial charge in [0.2, 0.25) is 11.8 Å². The molecule has 3 amide bonds. The topological polar surface area (TPSA) is 98.7 Å². The minimum Gasteiger partial charge on any atom is -0.384 e. The molecule has 194 valence electrons. The lowest BCUT2D eigenvalue weighted by Crippen LogP contribution is -2.60. The molecule has 2 aromatic carbocycles. The maximum atomic E-state index is 13.6. The van der Waals surface area contributed by atoms with E-state index in [0.29, 0.717) is 30.2 Å². The van der Waals surface area contributed by atoms with Crippen LogP contribution in [0.15, 0.2) is 42.5 Å². The summed E-state index contributed by atoms with van der Waals surface area (Å²) >= 11 is 12.2. The largest absolute Gasteiger partial charge is 0.384 e. The van der Waals surface area contributed by atoms with Crippen LogP contribution in [0.2, 0.25) is 10.0 Å². The van der Waals surface area contributed by atoms with Crippen molar-refractivity contribution in [2.45, 2.75) is 52.7 Å². The van der Waals surface area contributed by atoms with Crippen LogP contribution in [0.1, 0.15) is 57.0 Å². The lowest BCUT2D eigenvalue weighted by molar-refractivity contribution is -0.155. The number of halogens is 2. The fourth-order valence-corrected chi connectivity index (χ4v) is 5.06. The molecule has 0 saturated carbocycles. The third kappa shape index (κ3) is 6.02. The van der Waals surface area contributed by atoms with E-state index in [0.717, 1.165) is 5.56 Å². The Balaban J connectivity index is 1.78. The highest BCUT2D eigenvalue weighted by atomic mass is 35.5. The normalized spacial score (nSPS) is 20.1. The number of hydrogen-bond acceptors (Lipinski definition) is 4. The summed E-state index contributed by atoms with van der Waals surface area (Å²) in [7, 11) is 0. The van der Waals surface area contributed by atoms with Crippen molar-refractivity contribution in [3.8, 4) is 0 Å². The van der Waals surface area contributed by atoms with Crippen molar-refractivity contribution >= 4 is 46.6 Å². The molecule has 0 radical (unpaired) electrons. The van der Waals surface area contributed by atoms with Gasteiger partial charge in [-0.15, -0.1) is 0 Å². The van der Waals surface area contributed by atoms with Crippen LogP contribution in [0, 0.1) is 11.3 Å². The lowest BCUT2D eigenvalue weighted by atomic mass is 9.66. The van der Waals surface area contributed by atoms with Gasteiger partial charge in [-0.25, -0.2) is 0 Å². The quantitative estimate of drug-likeness (QED) is 0.494. The SMILES string of the molecule is CC(=O)Nc1cc(Cl)cc(C(=O)N[C@@H](C(=O)N2CC[C@](O)(c3ccc(Cl)cc3)C(C)(C)C2)C(C)C)c1. The molecular formula is C27H33Cl2N3O4. The third-order valence-corrected chi connectivity index (χ3v) is 7.25. The number of amides is 3. The second-order valence-corrected chi connectivity index (χ2v) is 11.2. The molecule has 0 aliphatic carbocycles. The average Bonchev–Trinajstić information content (AvgIpc) is 2.78. The van der Waals surface area contributed by atoms with E-state index in [1.54, 1.807) is 23.1 Å². The van der Waals surface area contributed by atoms with Crippen LogP contribution >= 0.6 is 23.2 Å². The summed E-state index contributed by atoms with van der Waals surface area (Å²) in [5.74, 6) is -1.15. The minimum absolute atomic E-state index is 0.185. The Kier molecular flexibility index (Phi) is 8.38. The van der Waals surface area contributed by atoms with Crippen molar-refractivity contribution in [3.63, 3.8) is 0 Å². The van der Waals surface area contributed by atoms with E-state index in [1.807, 2.05) is 39.8 Å². The molecule has 7 nitrogen and oxygen atoms in total. The fourth-order valence-electron chi connectivity index (χ4n) is 4.70. The first kappa shape index (κ1) is 28.0. The molecular weight excluding hydrogens is 501 g/mol.